The normalized spacial score (nSPS) is 11.4. The molecule has 0 saturated carbocycles. The first-order valence-corrected chi connectivity index (χ1v) is 11.6. The first kappa shape index (κ1) is 24.6. The molecule has 0 bridgehead atoms. The van der Waals surface area contributed by atoms with Crippen molar-refractivity contribution in [3.05, 3.63) is 98.2 Å². The van der Waals surface area contributed by atoms with Gasteiger partial charge in [-0.3, -0.25) is 14.2 Å². The molecule has 0 radical (unpaired) electrons. The van der Waals surface area contributed by atoms with E-state index in [0.717, 1.165) is 11.5 Å². The van der Waals surface area contributed by atoms with Crippen LogP contribution in [0.4, 0.5) is 24.7 Å². The van der Waals surface area contributed by atoms with Crippen LogP contribution in [0, 0.1) is 24.4 Å². The van der Waals surface area contributed by atoms with Gasteiger partial charge in [0.2, 0.25) is 0 Å². The van der Waals surface area contributed by atoms with Gasteiger partial charge in [0.15, 0.2) is 22.9 Å². The summed E-state index contributed by atoms with van der Waals surface area (Å²) in [6, 6.07) is 6.12. The zero-order chi connectivity index (χ0) is 26.4. The lowest BCUT2D eigenvalue weighted by molar-refractivity contribution is 0.488. The number of fused-ring (bicyclic) bond motifs is 1. The molecule has 2 aromatic carbocycles. The minimum Gasteiger partial charge on any atom is -0.340 e. The number of benzene rings is 2. The van der Waals surface area contributed by atoms with Gasteiger partial charge in [-0.05, 0) is 25.1 Å². The first-order chi connectivity index (χ1) is 17.6. The van der Waals surface area contributed by atoms with Crippen molar-refractivity contribution >= 4 is 34.0 Å². The number of nitrogens with zero attached hydrogens (tertiary/aromatic N) is 6. The zero-order valence-corrected chi connectivity index (χ0v) is 20.8. The number of anilines is 2. The molecule has 0 spiro atoms. The fourth-order valence-corrected chi connectivity index (χ4v) is 4.42. The van der Waals surface area contributed by atoms with Crippen molar-refractivity contribution in [1.82, 2.24) is 29.1 Å². The quantitative estimate of drug-likeness (QED) is 0.326. The Morgan fingerprint density at radius 3 is 2.46 bits per heavy atom. The maximum atomic E-state index is 14.6. The molecule has 0 fully saturated rings. The first-order valence-electron chi connectivity index (χ1n) is 11.2. The molecule has 12 heteroatoms. The molecule has 190 valence electrons. The summed E-state index contributed by atoms with van der Waals surface area (Å²) in [5.74, 6) is -2.65. The predicted octanol–water partition coefficient (Wildman–Crippen LogP) is 4.63. The van der Waals surface area contributed by atoms with Crippen LogP contribution in [0.3, 0.4) is 0 Å². The van der Waals surface area contributed by atoms with Crippen LogP contribution in [0.2, 0.25) is 5.02 Å². The molecule has 0 aliphatic carbocycles. The summed E-state index contributed by atoms with van der Waals surface area (Å²) in [6.07, 6.45) is 3.47. The van der Waals surface area contributed by atoms with E-state index < -0.39 is 17.5 Å². The second-order valence-corrected chi connectivity index (χ2v) is 9.14. The van der Waals surface area contributed by atoms with Crippen LogP contribution in [0.25, 0.3) is 10.9 Å². The standard InChI is InChI=1S/C25H21ClF3N7O/c1-13-16(6-24-30-12-35(3)33-24)23(37)9-25(36(13)11-14-4-19(28)20(29)8-18(14)27)31-22-5-15-10-34(2)32-21(15)7-17(22)26/h4-5,7-10,12,31H,6,11H2,1-3H3. The molecule has 5 rings (SSSR count). The molecule has 0 amide bonds. The van der Waals surface area contributed by atoms with Crippen molar-refractivity contribution in [3.8, 4) is 0 Å². The van der Waals surface area contributed by atoms with Gasteiger partial charge in [-0.25, -0.2) is 18.2 Å². The van der Waals surface area contributed by atoms with Crippen molar-refractivity contribution in [3.63, 3.8) is 0 Å². The van der Waals surface area contributed by atoms with Crippen molar-refractivity contribution in [2.75, 3.05) is 5.32 Å². The highest BCUT2D eigenvalue weighted by atomic mass is 35.5. The number of hydrogen-bond acceptors (Lipinski definition) is 5. The Morgan fingerprint density at radius 2 is 1.73 bits per heavy atom. The van der Waals surface area contributed by atoms with Gasteiger partial charge < -0.3 is 9.88 Å². The minimum absolute atomic E-state index is 0.0931. The maximum absolute atomic E-state index is 14.6. The smallest absolute Gasteiger partial charge is 0.187 e. The van der Waals surface area contributed by atoms with E-state index in [1.54, 1.807) is 42.4 Å². The van der Waals surface area contributed by atoms with Gasteiger partial charge in [0.05, 0.1) is 22.8 Å². The van der Waals surface area contributed by atoms with Crippen LogP contribution in [0.15, 0.2) is 47.7 Å². The van der Waals surface area contributed by atoms with E-state index in [-0.39, 0.29) is 29.8 Å². The van der Waals surface area contributed by atoms with Crippen LogP contribution in [-0.4, -0.2) is 29.1 Å². The molecule has 0 atom stereocenters. The maximum Gasteiger partial charge on any atom is 0.187 e. The fourth-order valence-electron chi connectivity index (χ4n) is 4.22. The molecule has 1 N–H and O–H groups in total. The summed E-state index contributed by atoms with van der Waals surface area (Å²) < 4.78 is 47.0. The van der Waals surface area contributed by atoms with Gasteiger partial charge in [-0.15, -0.1) is 0 Å². The Kier molecular flexibility index (Phi) is 6.24. The van der Waals surface area contributed by atoms with E-state index in [2.05, 4.69) is 20.5 Å². The summed E-state index contributed by atoms with van der Waals surface area (Å²) >= 11 is 6.49. The van der Waals surface area contributed by atoms with Gasteiger partial charge >= 0.3 is 0 Å². The summed E-state index contributed by atoms with van der Waals surface area (Å²) in [7, 11) is 3.50. The lowest BCUT2D eigenvalue weighted by Crippen LogP contribution is -2.21. The summed E-state index contributed by atoms with van der Waals surface area (Å²) in [6.45, 7) is 1.50. The highest BCUT2D eigenvalue weighted by Gasteiger charge is 2.19. The predicted molar refractivity (Wildman–Crippen MR) is 134 cm³/mol. The Balaban J connectivity index is 1.64. The fraction of sp³-hybridized carbons (Fsp3) is 0.200. The van der Waals surface area contributed by atoms with E-state index in [1.807, 2.05) is 6.20 Å². The van der Waals surface area contributed by atoms with Crippen molar-refractivity contribution in [2.24, 2.45) is 14.1 Å². The Labute approximate surface area is 213 Å². The molecule has 0 unspecified atom stereocenters. The Bertz CT molecular complexity index is 1720. The van der Waals surface area contributed by atoms with Gasteiger partial charge in [0.25, 0.3) is 0 Å². The molecule has 5 aromatic rings. The summed E-state index contributed by atoms with van der Waals surface area (Å²) in [5.41, 5.74) is 1.64. The minimum atomic E-state index is -1.28. The number of halogens is 4. The number of aryl methyl sites for hydroxylation is 2. The lowest BCUT2D eigenvalue weighted by Gasteiger charge is -2.21. The Morgan fingerprint density at radius 1 is 0.973 bits per heavy atom. The van der Waals surface area contributed by atoms with Crippen LogP contribution in [0.5, 0.6) is 0 Å². The van der Waals surface area contributed by atoms with Gasteiger partial charge in [0.1, 0.15) is 18.0 Å². The van der Waals surface area contributed by atoms with E-state index in [9.17, 15) is 18.0 Å². The van der Waals surface area contributed by atoms with Gasteiger partial charge in [0, 0.05) is 61.1 Å². The SMILES string of the molecule is Cc1c(Cc2ncn(C)n2)c(=O)cc(Nc2cc3cn(C)nc3cc2Cl)n1Cc1cc(F)c(F)cc1F. The molecule has 0 saturated heterocycles. The number of pyridine rings is 1. The molecule has 3 aromatic heterocycles. The van der Waals surface area contributed by atoms with E-state index in [4.69, 9.17) is 11.6 Å². The monoisotopic (exact) mass is 527 g/mol. The number of nitrogens with one attached hydrogen (secondary N) is 1. The van der Waals surface area contributed by atoms with Crippen LogP contribution in [0.1, 0.15) is 22.6 Å². The molecular weight excluding hydrogens is 507 g/mol. The van der Waals surface area contributed by atoms with Gasteiger partial charge in [-0.1, -0.05) is 11.6 Å². The van der Waals surface area contributed by atoms with Crippen LogP contribution >= 0.6 is 11.6 Å². The van der Waals surface area contributed by atoms with Crippen molar-refractivity contribution < 1.29 is 13.2 Å². The molecule has 37 heavy (non-hydrogen) atoms. The molecule has 0 aliphatic rings. The number of rotatable bonds is 6. The molecule has 0 aliphatic heterocycles. The highest BCUT2D eigenvalue weighted by Crippen LogP contribution is 2.31. The third kappa shape index (κ3) is 4.82. The van der Waals surface area contributed by atoms with Crippen LogP contribution < -0.4 is 10.7 Å². The largest absolute Gasteiger partial charge is 0.340 e. The second kappa shape index (κ2) is 9.40. The average Bonchev–Trinajstić information content (AvgIpc) is 3.40. The molecule has 8 nitrogen and oxygen atoms in total. The van der Waals surface area contributed by atoms with E-state index >= 15 is 0 Å². The number of aromatic nitrogens is 6. The second-order valence-electron chi connectivity index (χ2n) is 8.73. The zero-order valence-electron chi connectivity index (χ0n) is 20.1. The lowest BCUT2D eigenvalue weighted by atomic mass is 10.1. The van der Waals surface area contributed by atoms with Gasteiger partial charge in [-0.2, -0.15) is 10.2 Å². The third-order valence-electron chi connectivity index (χ3n) is 6.07. The molecule has 3 heterocycles. The average molecular weight is 528 g/mol. The summed E-state index contributed by atoms with van der Waals surface area (Å²) in [5, 5.41) is 12.9. The van der Waals surface area contributed by atoms with E-state index in [0.29, 0.717) is 39.4 Å². The Hall–Kier alpha value is -4.12. The van der Waals surface area contributed by atoms with E-state index in [1.165, 1.54) is 17.1 Å². The van der Waals surface area contributed by atoms with Crippen molar-refractivity contribution in [2.45, 2.75) is 19.9 Å². The number of hydrogen-bond donors (Lipinski definition) is 1. The highest BCUT2D eigenvalue weighted by molar-refractivity contribution is 6.34. The molecular formula is C25H21ClF3N7O. The topological polar surface area (TPSA) is 82.6 Å². The third-order valence-corrected chi connectivity index (χ3v) is 6.38. The van der Waals surface area contributed by atoms with Crippen molar-refractivity contribution in [1.29, 1.82) is 0 Å². The summed E-state index contributed by atoms with van der Waals surface area (Å²) in [4.78, 5) is 17.4. The van der Waals surface area contributed by atoms with Crippen LogP contribution in [-0.2, 0) is 27.1 Å².